The van der Waals surface area contributed by atoms with Crippen LogP contribution < -0.4 is 15.2 Å². The van der Waals surface area contributed by atoms with Gasteiger partial charge in [-0.15, -0.1) is 0 Å². The fourth-order valence-electron chi connectivity index (χ4n) is 2.10. The molecule has 4 heteroatoms. The molecule has 106 valence electrons. The molecule has 0 spiro atoms. The van der Waals surface area contributed by atoms with Crippen LogP contribution in [0.5, 0.6) is 11.5 Å². The maximum absolute atomic E-state index is 13.3. The predicted octanol–water partition coefficient (Wildman–Crippen LogP) is 3.20. The summed E-state index contributed by atoms with van der Waals surface area (Å²) in [5, 5.41) is 0. The van der Waals surface area contributed by atoms with E-state index in [1.807, 2.05) is 18.2 Å². The zero-order valence-corrected chi connectivity index (χ0v) is 11.8. The molecule has 0 amide bonds. The van der Waals surface area contributed by atoms with Gasteiger partial charge in [-0.1, -0.05) is 18.2 Å². The van der Waals surface area contributed by atoms with Crippen molar-refractivity contribution in [2.45, 2.75) is 13.0 Å². The lowest BCUT2D eigenvalue weighted by Crippen LogP contribution is -2.12. The van der Waals surface area contributed by atoms with Crippen molar-refractivity contribution in [2.24, 2.45) is 5.73 Å². The Hall–Kier alpha value is -2.07. The summed E-state index contributed by atoms with van der Waals surface area (Å²) in [7, 11) is 3.16. The summed E-state index contributed by atoms with van der Waals surface area (Å²) in [5.41, 5.74) is 8.55. The van der Waals surface area contributed by atoms with Gasteiger partial charge < -0.3 is 15.2 Å². The molecule has 2 rings (SSSR count). The summed E-state index contributed by atoms with van der Waals surface area (Å²) in [6.45, 7) is 1.72. The van der Waals surface area contributed by atoms with Crippen molar-refractivity contribution < 1.29 is 13.9 Å². The van der Waals surface area contributed by atoms with E-state index < -0.39 is 0 Å². The van der Waals surface area contributed by atoms with Gasteiger partial charge in [0.25, 0.3) is 0 Å². The van der Waals surface area contributed by atoms with Gasteiger partial charge in [0.2, 0.25) is 0 Å². The van der Waals surface area contributed by atoms with Gasteiger partial charge in [0, 0.05) is 0 Å². The molecule has 0 saturated carbocycles. The number of halogens is 1. The van der Waals surface area contributed by atoms with Crippen LogP contribution in [0.4, 0.5) is 4.39 Å². The molecule has 1 atom stereocenters. The molecular formula is C16H18FNO2. The zero-order valence-electron chi connectivity index (χ0n) is 11.8. The van der Waals surface area contributed by atoms with Gasteiger partial charge in [-0.05, 0) is 41.8 Å². The summed E-state index contributed by atoms with van der Waals surface area (Å²) >= 11 is 0. The van der Waals surface area contributed by atoms with Crippen LogP contribution in [0.3, 0.4) is 0 Å². The predicted molar refractivity (Wildman–Crippen MR) is 76.7 cm³/mol. The van der Waals surface area contributed by atoms with E-state index in [-0.39, 0.29) is 11.9 Å². The van der Waals surface area contributed by atoms with Gasteiger partial charge in [0.15, 0.2) is 11.5 Å². The second kappa shape index (κ2) is 5.92. The summed E-state index contributed by atoms with van der Waals surface area (Å²) in [4.78, 5) is 0. The molecule has 1 unspecified atom stereocenters. The first-order chi connectivity index (χ1) is 9.56. The van der Waals surface area contributed by atoms with Crippen LogP contribution in [0, 0.1) is 12.7 Å². The molecule has 0 aliphatic rings. The molecule has 0 fully saturated rings. The number of nitrogens with two attached hydrogens (primary N) is 1. The highest BCUT2D eigenvalue weighted by molar-refractivity contribution is 5.46. The SMILES string of the molecule is COc1ccc(C(N)c2ccc(F)c(C)c2)cc1OC. The van der Waals surface area contributed by atoms with E-state index in [4.69, 9.17) is 15.2 Å². The maximum atomic E-state index is 13.3. The average Bonchev–Trinajstić information content (AvgIpc) is 2.48. The number of hydrogen-bond acceptors (Lipinski definition) is 3. The van der Waals surface area contributed by atoms with Crippen molar-refractivity contribution in [2.75, 3.05) is 14.2 Å². The number of aryl methyl sites for hydroxylation is 1. The molecule has 3 nitrogen and oxygen atoms in total. The Bertz CT molecular complexity index is 613. The Balaban J connectivity index is 2.37. The lowest BCUT2D eigenvalue weighted by atomic mass is 9.97. The van der Waals surface area contributed by atoms with E-state index in [1.54, 1.807) is 33.3 Å². The molecule has 0 heterocycles. The summed E-state index contributed by atoms with van der Waals surface area (Å²) < 4.78 is 23.8. The summed E-state index contributed by atoms with van der Waals surface area (Å²) in [5.74, 6) is 1.05. The Morgan fingerprint density at radius 3 is 2.15 bits per heavy atom. The van der Waals surface area contributed by atoms with Crippen LogP contribution in [-0.4, -0.2) is 14.2 Å². The van der Waals surface area contributed by atoms with E-state index in [2.05, 4.69) is 0 Å². The van der Waals surface area contributed by atoms with Crippen molar-refractivity contribution in [3.05, 3.63) is 58.9 Å². The minimum absolute atomic E-state index is 0.228. The minimum Gasteiger partial charge on any atom is -0.493 e. The van der Waals surface area contributed by atoms with Gasteiger partial charge in [-0.25, -0.2) is 4.39 Å². The molecule has 2 N–H and O–H groups in total. The van der Waals surface area contributed by atoms with Gasteiger partial charge in [0.05, 0.1) is 20.3 Å². The van der Waals surface area contributed by atoms with E-state index in [0.29, 0.717) is 17.1 Å². The molecule has 0 saturated heterocycles. The van der Waals surface area contributed by atoms with Gasteiger partial charge in [-0.2, -0.15) is 0 Å². The Labute approximate surface area is 118 Å². The van der Waals surface area contributed by atoms with E-state index in [0.717, 1.165) is 11.1 Å². The van der Waals surface area contributed by atoms with E-state index in [9.17, 15) is 4.39 Å². The van der Waals surface area contributed by atoms with Crippen LogP contribution in [0.25, 0.3) is 0 Å². The fourth-order valence-corrected chi connectivity index (χ4v) is 2.10. The number of benzene rings is 2. The van der Waals surface area contributed by atoms with Crippen LogP contribution >= 0.6 is 0 Å². The molecular weight excluding hydrogens is 257 g/mol. The second-order valence-corrected chi connectivity index (χ2v) is 4.60. The third kappa shape index (κ3) is 2.75. The monoisotopic (exact) mass is 275 g/mol. The fraction of sp³-hybridized carbons (Fsp3) is 0.250. The second-order valence-electron chi connectivity index (χ2n) is 4.60. The number of ether oxygens (including phenoxy) is 2. The highest BCUT2D eigenvalue weighted by Gasteiger charge is 2.13. The molecule has 0 aliphatic heterocycles. The molecule has 0 radical (unpaired) electrons. The lowest BCUT2D eigenvalue weighted by molar-refractivity contribution is 0.354. The van der Waals surface area contributed by atoms with Gasteiger partial charge >= 0.3 is 0 Å². The first kappa shape index (κ1) is 14.3. The van der Waals surface area contributed by atoms with E-state index in [1.165, 1.54) is 6.07 Å². The summed E-state index contributed by atoms with van der Waals surface area (Å²) in [6, 6.07) is 10.1. The molecule has 0 bridgehead atoms. The van der Waals surface area contributed by atoms with Crippen LogP contribution in [-0.2, 0) is 0 Å². The number of rotatable bonds is 4. The molecule has 0 aliphatic carbocycles. The highest BCUT2D eigenvalue weighted by atomic mass is 19.1. The van der Waals surface area contributed by atoms with Crippen molar-refractivity contribution in [3.8, 4) is 11.5 Å². The number of methoxy groups -OCH3 is 2. The smallest absolute Gasteiger partial charge is 0.161 e. The zero-order chi connectivity index (χ0) is 14.7. The van der Waals surface area contributed by atoms with Crippen LogP contribution in [0.1, 0.15) is 22.7 Å². The van der Waals surface area contributed by atoms with Crippen LogP contribution in [0.2, 0.25) is 0 Å². The lowest BCUT2D eigenvalue weighted by Gasteiger charge is -2.16. The van der Waals surface area contributed by atoms with Crippen molar-refractivity contribution in [3.63, 3.8) is 0 Å². The number of hydrogen-bond donors (Lipinski definition) is 1. The summed E-state index contributed by atoms with van der Waals surface area (Å²) in [6.07, 6.45) is 0. The highest BCUT2D eigenvalue weighted by Crippen LogP contribution is 2.31. The molecule has 2 aromatic rings. The molecule has 20 heavy (non-hydrogen) atoms. The normalized spacial score (nSPS) is 12.1. The maximum Gasteiger partial charge on any atom is 0.161 e. The van der Waals surface area contributed by atoms with Gasteiger partial charge in [-0.3, -0.25) is 0 Å². The molecule has 2 aromatic carbocycles. The quantitative estimate of drug-likeness (QED) is 0.932. The Morgan fingerprint density at radius 2 is 1.55 bits per heavy atom. The van der Waals surface area contributed by atoms with E-state index >= 15 is 0 Å². The minimum atomic E-state index is -0.339. The first-order valence-electron chi connectivity index (χ1n) is 6.30. The standard InChI is InChI=1S/C16H18FNO2/c1-10-8-11(4-6-13(10)17)16(18)12-5-7-14(19-2)15(9-12)20-3/h4-9,16H,18H2,1-3H3. The topological polar surface area (TPSA) is 44.5 Å². The van der Waals surface area contributed by atoms with Crippen LogP contribution in [0.15, 0.2) is 36.4 Å². The third-order valence-electron chi connectivity index (χ3n) is 3.31. The Morgan fingerprint density at radius 1 is 0.950 bits per heavy atom. The van der Waals surface area contributed by atoms with Crippen molar-refractivity contribution in [1.82, 2.24) is 0 Å². The van der Waals surface area contributed by atoms with Crippen molar-refractivity contribution in [1.29, 1.82) is 0 Å². The van der Waals surface area contributed by atoms with Gasteiger partial charge in [0.1, 0.15) is 5.82 Å². The van der Waals surface area contributed by atoms with Crippen molar-refractivity contribution >= 4 is 0 Å². The largest absolute Gasteiger partial charge is 0.493 e. The first-order valence-corrected chi connectivity index (χ1v) is 6.30. The third-order valence-corrected chi connectivity index (χ3v) is 3.31. The Kier molecular flexibility index (Phi) is 4.25. The molecule has 0 aromatic heterocycles. The average molecular weight is 275 g/mol.